The predicted octanol–water partition coefficient (Wildman–Crippen LogP) is 2.06. The summed E-state index contributed by atoms with van der Waals surface area (Å²) in [7, 11) is 0. The Hall–Kier alpha value is -1.88. The van der Waals surface area contributed by atoms with Crippen molar-refractivity contribution < 1.29 is 14.4 Å². The topological polar surface area (TPSA) is 66.5 Å². The van der Waals surface area contributed by atoms with Gasteiger partial charge in [-0.2, -0.15) is 0 Å². The van der Waals surface area contributed by atoms with Crippen LogP contribution < -0.4 is 5.32 Å². The Morgan fingerprint density at radius 3 is 2.38 bits per heavy atom. The van der Waals surface area contributed by atoms with Crippen LogP contribution >= 0.6 is 11.6 Å². The molecule has 2 rings (SSSR count). The molecule has 1 aromatic rings. The highest BCUT2D eigenvalue weighted by Crippen LogP contribution is 2.16. The van der Waals surface area contributed by atoms with E-state index in [9.17, 15) is 14.4 Å². The molecular formula is C15H17ClN2O3. The number of benzene rings is 1. The van der Waals surface area contributed by atoms with Gasteiger partial charge in [-0.05, 0) is 24.6 Å². The van der Waals surface area contributed by atoms with E-state index in [0.717, 1.165) is 10.5 Å². The summed E-state index contributed by atoms with van der Waals surface area (Å²) in [5, 5.41) is 3.48. The smallest absolute Gasteiger partial charge is 0.229 e. The van der Waals surface area contributed by atoms with E-state index < -0.39 is 0 Å². The SMILES string of the molecule is CC(NC(=O)CCN1C(=O)CCC1=O)c1ccc(Cl)cc1. The maximum Gasteiger partial charge on any atom is 0.229 e. The van der Waals surface area contributed by atoms with Gasteiger partial charge >= 0.3 is 0 Å². The number of nitrogens with zero attached hydrogens (tertiary/aromatic N) is 1. The molecule has 0 radical (unpaired) electrons. The fourth-order valence-electron chi connectivity index (χ4n) is 2.23. The average Bonchev–Trinajstić information content (AvgIpc) is 2.76. The van der Waals surface area contributed by atoms with Crippen LogP contribution in [0.25, 0.3) is 0 Å². The van der Waals surface area contributed by atoms with E-state index in [-0.39, 0.29) is 49.6 Å². The molecular weight excluding hydrogens is 292 g/mol. The maximum absolute atomic E-state index is 11.9. The number of likely N-dealkylation sites (tertiary alicyclic amines) is 1. The molecule has 1 atom stereocenters. The first-order valence-electron chi connectivity index (χ1n) is 6.85. The third-order valence-corrected chi connectivity index (χ3v) is 3.72. The molecule has 1 N–H and O–H groups in total. The van der Waals surface area contributed by atoms with Gasteiger partial charge in [-0.1, -0.05) is 23.7 Å². The van der Waals surface area contributed by atoms with Crippen molar-refractivity contribution in [1.82, 2.24) is 10.2 Å². The highest BCUT2D eigenvalue weighted by molar-refractivity contribution is 6.30. The van der Waals surface area contributed by atoms with Gasteiger partial charge in [-0.15, -0.1) is 0 Å². The van der Waals surface area contributed by atoms with Gasteiger partial charge in [0.15, 0.2) is 0 Å². The van der Waals surface area contributed by atoms with E-state index in [1.165, 1.54) is 0 Å². The third-order valence-electron chi connectivity index (χ3n) is 3.46. The second-order valence-corrected chi connectivity index (χ2v) is 5.47. The molecule has 1 fully saturated rings. The van der Waals surface area contributed by atoms with Gasteiger partial charge in [0.25, 0.3) is 0 Å². The molecule has 0 aromatic heterocycles. The first-order valence-corrected chi connectivity index (χ1v) is 7.23. The second kappa shape index (κ2) is 6.72. The van der Waals surface area contributed by atoms with Crippen LogP contribution in [-0.2, 0) is 14.4 Å². The van der Waals surface area contributed by atoms with E-state index in [2.05, 4.69) is 5.32 Å². The van der Waals surface area contributed by atoms with E-state index in [1.54, 1.807) is 12.1 Å². The van der Waals surface area contributed by atoms with Crippen molar-refractivity contribution >= 4 is 29.3 Å². The predicted molar refractivity (Wildman–Crippen MR) is 78.6 cm³/mol. The molecule has 5 nitrogen and oxygen atoms in total. The molecule has 0 bridgehead atoms. The van der Waals surface area contributed by atoms with Crippen LogP contribution in [0.3, 0.4) is 0 Å². The van der Waals surface area contributed by atoms with Crippen LogP contribution in [-0.4, -0.2) is 29.2 Å². The number of imide groups is 1. The summed E-state index contributed by atoms with van der Waals surface area (Å²) in [6.07, 6.45) is 0.624. The number of hydrogen-bond acceptors (Lipinski definition) is 3. The number of carbonyl (C=O) groups excluding carboxylic acids is 3. The quantitative estimate of drug-likeness (QED) is 0.847. The Balaban J connectivity index is 1.83. The summed E-state index contributed by atoms with van der Waals surface area (Å²) >= 11 is 5.82. The second-order valence-electron chi connectivity index (χ2n) is 5.03. The molecule has 1 unspecified atom stereocenters. The minimum atomic E-state index is -0.196. The molecule has 1 aromatic carbocycles. The molecule has 0 saturated carbocycles. The zero-order valence-corrected chi connectivity index (χ0v) is 12.5. The van der Waals surface area contributed by atoms with Gasteiger partial charge in [0.1, 0.15) is 0 Å². The van der Waals surface area contributed by atoms with Gasteiger partial charge in [0.2, 0.25) is 17.7 Å². The fourth-order valence-corrected chi connectivity index (χ4v) is 2.36. The number of rotatable bonds is 5. The molecule has 1 heterocycles. The number of hydrogen-bond donors (Lipinski definition) is 1. The number of nitrogens with one attached hydrogen (secondary N) is 1. The standard InChI is InChI=1S/C15H17ClN2O3/c1-10(11-2-4-12(16)5-3-11)17-13(19)8-9-18-14(20)6-7-15(18)21/h2-5,10H,6-9H2,1H3,(H,17,19). The van der Waals surface area contributed by atoms with Crippen molar-refractivity contribution in [3.63, 3.8) is 0 Å². The number of carbonyl (C=O) groups is 3. The largest absolute Gasteiger partial charge is 0.350 e. The van der Waals surface area contributed by atoms with E-state index >= 15 is 0 Å². The zero-order valence-electron chi connectivity index (χ0n) is 11.8. The first kappa shape index (κ1) is 15.5. The minimum Gasteiger partial charge on any atom is -0.350 e. The van der Waals surface area contributed by atoms with Crippen molar-refractivity contribution in [2.75, 3.05) is 6.54 Å². The normalized spacial score (nSPS) is 16.2. The molecule has 0 spiro atoms. The van der Waals surface area contributed by atoms with Gasteiger partial charge in [-0.25, -0.2) is 0 Å². The molecule has 112 valence electrons. The van der Waals surface area contributed by atoms with Crippen LogP contribution in [0, 0.1) is 0 Å². The minimum absolute atomic E-state index is 0.120. The van der Waals surface area contributed by atoms with Gasteiger partial charge in [0.05, 0.1) is 6.04 Å². The van der Waals surface area contributed by atoms with Crippen LogP contribution in [0.5, 0.6) is 0 Å². The Labute approximate surface area is 128 Å². The van der Waals surface area contributed by atoms with E-state index in [1.807, 2.05) is 19.1 Å². The summed E-state index contributed by atoms with van der Waals surface area (Å²) < 4.78 is 0. The molecule has 1 aliphatic rings. The average molecular weight is 309 g/mol. The summed E-state index contributed by atoms with van der Waals surface area (Å²) in [5.74, 6) is -0.581. The number of halogens is 1. The third kappa shape index (κ3) is 4.04. The van der Waals surface area contributed by atoms with Crippen LogP contribution in [0.1, 0.15) is 37.8 Å². The Morgan fingerprint density at radius 2 is 1.81 bits per heavy atom. The highest BCUT2D eigenvalue weighted by Gasteiger charge is 2.28. The Kier molecular flexibility index (Phi) is 4.96. The van der Waals surface area contributed by atoms with Crippen molar-refractivity contribution in [2.45, 2.75) is 32.2 Å². The maximum atomic E-state index is 11.9. The Morgan fingerprint density at radius 1 is 1.24 bits per heavy atom. The lowest BCUT2D eigenvalue weighted by Gasteiger charge is -2.17. The first-order chi connectivity index (χ1) is 9.97. The molecule has 6 heteroatoms. The van der Waals surface area contributed by atoms with Gasteiger partial charge in [-0.3, -0.25) is 19.3 Å². The summed E-state index contributed by atoms with van der Waals surface area (Å²) in [6.45, 7) is 2.02. The summed E-state index contributed by atoms with van der Waals surface area (Å²) in [4.78, 5) is 35.9. The lowest BCUT2D eigenvalue weighted by atomic mass is 10.1. The monoisotopic (exact) mass is 308 g/mol. The molecule has 1 aliphatic heterocycles. The van der Waals surface area contributed by atoms with Gasteiger partial charge < -0.3 is 5.32 Å². The van der Waals surface area contributed by atoms with E-state index in [4.69, 9.17) is 11.6 Å². The zero-order chi connectivity index (χ0) is 15.4. The molecule has 1 saturated heterocycles. The molecule has 3 amide bonds. The molecule has 21 heavy (non-hydrogen) atoms. The molecule has 0 aliphatic carbocycles. The summed E-state index contributed by atoms with van der Waals surface area (Å²) in [5.41, 5.74) is 0.945. The van der Waals surface area contributed by atoms with Crippen LogP contribution in [0.2, 0.25) is 5.02 Å². The van der Waals surface area contributed by atoms with Crippen LogP contribution in [0.15, 0.2) is 24.3 Å². The highest BCUT2D eigenvalue weighted by atomic mass is 35.5. The lowest BCUT2D eigenvalue weighted by molar-refractivity contribution is -0.138. The van der Waals surface area contributed by atoms with Crippen molar-refractivity contribution in [3.8, 4) is 0 Å². The van der Waals surface area contributed by atoms with Gasteiger partial charge in [0, 0.05) is 30.8 Å². The van der Waals surface area contributed by atoms with E-state index in [0.29, 0.717) is 5.02 Å². The number of amides is 3. The summed E-state index contributed by atoms with van der Waals surface area (Å²) in [6, 6.07) is 7.07. The van der Waals surface area contributed by atoms with Crippen LogP contribution in [0.4, 0.5) is 0 Å². The lowest BCUT2D eigenvalue weighted by Crippen LogP contribution is -2.34. The van der Waals surface area contributed by atoms with Crippen molar-refractivity contribution in [1.29, 1.82) is 0 Å². The van der Waals surface area contributed by atoms with Crippen molar-refractivity contribution in [2.24, 2.45) is 0 Å². The fraction of sp³-hybridized carbons (Fsp3) is 0.400. The Bertz CT molecular complexity index is 541. The van der Waals surface area contributed by atoms with Crippen molar-refractivity contribution in [3.05, 3.63) is 34.9 Å².